The second kappa shape index (κ2) is 7.73. The number of hydrogen-bond acceptors (Lipinski definition) is 5. The SMILES string of the molecule is CCCC(O)CNC(=O)NC(CC)c1noc(C)n1. The molecule has 108 valence electrons. The smallest absolute Gasteiger partial charge is 0.315 e. The van der Waals surface area contributed by atoms with Gasteiger partial charge in [0.1, 0.15) is 0 Å². The van der Waals surface area contributed by atoms with Crippen LogP contribution < -0.4 is 10.6 Å². The number of aliphatic hydroxyl groups is 1. The van der Waals surface area contributed by atoms with E-state index in [1.165, 1.54) is 0 Å². The third-order valence-corrected chi connectivity index (χ3v) is 2.69. The van der Waals surface area contributed by atoms with Crippen LogP contribution in [0.15, 0.2) is 4.52 Å². The van der Waals surface area contributed by atoms with Gasteiger partial charge in [0.05, 0.1) is 12.1 Å². The molecule has 7 nitrogen and oxygen atoms in total. The first kappa shape index (κ1) is 15.4. The summed E-state index contributed by atoms with van der Waals surface area (Å²) in [6, 6.07) is -0.634. The molecule has 0 bridgehead atoms. The Balaban J connectivity index is 2.41. The van der Waals surface area contributed by atoms with Crippen molar-refractivity contribution >= 4 is 6.03 Å². The van der Waals surface area contributed by atoms with Gasteiger partial charge in [-0.1, -0.05) is 25.4 Å². The van der Waals surface area contributed by atoms with E-state index in [1.54, 1.807) is 6.92 Å². The van der Waals surface area contributed by atoms with Crippen LogP contribution in [-0.2, 0) is 0 Å². The molecule has 1 rings (SSSR count). The second-order valence-corrected chi connectivity index (χ2v) is 4.43. The molecule has 19 heavy (non-hydrogen) atoms. The van der Waals surface area contributed by atoms with Gasteiger partial charge in [0.15, 0.2) is 5.82 Å². The minimum absolute atomic E-state index is 0.237. The lowest BCUT2D eigenvalue weighted by Gasteiger charge is -2.15. The summed E-state index contributed by atoms with van der Waals surface area (Å²) in [6.07, 6.45) is 1.69. The highest BCUT2D eigenvalue weighted by Crippen LogP contribution is 2.12. The van der Waals surface area contributed by atoms with Gasteiger partial charge in [-0.05, 0) is 12.8 Å². The van der Waals surface area contributed by atoms with Crippen LogP contribution >= 0.6 is 0 Å². The van der Waals surface area contributed by atoms with E-state index < -0.39 is 6.10 Å². The van der Waals surface area contributed by atoms with Crippen LogP contribution in [0, 0.1) is 6.92 Å². The zero-order valence-corrected chi connectivity index (χ0v) is 11.6. The average molecular weight is 270 g/mol. The fraction of sp³-hybridized carbons (Fsp3) is 0.750. The fourth-order valence-electron chi connectivity index (χ4n) is 1.66. The quantitative estimate of drug-likeness (QED) is 0.693. The Morgan fingerprint density at radius 1 is 1.47 bits per heavy atom. The number of hydrogen-bond donors (Lipinski definition) is 3. The van der Waals surface area contributed by atoms with Crippen molar-refractivity contribution in [2.24, 2.45) is 0 Å². The van der Waals surface area contributed by atoms with E-state index in [-0.39, 0.29) is 18.6 Å². The fourth-order valence-corrected chi connectivity index (χ4v) is 1.66. The number of nitrogens with one attached hydrogen (secondary N) is 2. The van der Waals surface area contributed by atoms with Crippen LogP contribution in [0.25, 0.3) is 0 Å². The number of carbonyl (C=O) groups excluding carboxylic acids is 1. The lowest BCUT2D eigenvalue weighted by Crippen LogP contribution is -2.41. The number of aliphatic hydroxyl groups excluding tert-OH is 1. The first-order valence-corrected chi connectivity index (χ1v) is 6.59. The molecule has 7 heteroatoms. The molecule has 0 aliphatic rings. The van der Waals surface area contributed by atoms with Crippen LogP contribution in [0.3, 0.4) is 0 Å². The van der Waals surface area contributed by atoms with E-state index in [9.17, 15) is 9.90 Å². The van der Waals surface area contributed by atoms with E-state index in [1.807, 2.05) is 13.8 Å². The molecule has 0 aromatic carbocycles. The van der Waals surface area contributed by atoms with Gasteiger partial charge in [-0.15, -0.1) is 0 Å². The van der Waals surface area contributed by atoms with Gasteiger partial charge < -0.3 is 20.3 Å². The van der Waals surface area contributed by atoms with Crippen molar-refractivity contribution in [1.82, 2.24) is 20.8 Å². The molecule has 0 saturated heterocycles. The van der Waals surface area contributed by atoms with Gasteiger partial charge in [-0.2, -0.15) is 4.98 Å². The van der Waals surface area contributed by atoms with E-state index in [0.717, 1.165) is 6.42 Å². The Hall–Kier alpha value is -1.63. The maximum atomic E-state index is 11.7. The Kier molecular flexibility index (Phi) is 6.27. The summed E-state index contributed by atoms with van der Waals surface area (Å²) in [5, 5.41) is 18.7. The third kappa shape index (κ3) is 5.25. The highest BCUT2D eigenvalue weighted by Gasteiger charge is 2.18. The minimum atomic E-state index is -0.511. The second-order valence-electron chi connectivity index (χ2n) is 4.43. The molecular formula is C12H22N4O3. The largest absolute Gasteiger partial charge is 0.391 e. The lowest BCUT2D eigenvalue weighted by atomic mass is 10.2. The van der Waals surface area contributed by atoms with Crippen molar-refractivity contribution in [2.75, 3.05) is 6.54 Å². The van der Waals surface area contributed by atoms with Crippen molar-refractivity contribution in [1.29, 1.82) is 0 Å². The van der Waals surface area contributed by atoms with Gasteiger partial charge in [-0.3, -0.25) is 0 Å². The van der Waals surface area contributed by atoms with Crippen molar-refractivity contribution in [3.8, 4) is 0 Å². The van der Waals surface area contributed by atoms with Crippen molar-refractivity contribution < 1.29 is 14.4 Å². The molecule has 1 heterocycles. The Morgan fingerprint density at radius 2 is 2.21 bits per heavy atom. The van der Waals surface area contributed by atoms with Crippen LogP contribution in [0.5, 0.6) is 0 Å². The standard InChI is InChI=1S/C12H22N4O3/c1-4-6-9(17)7-13-12(18)15-10(5-2)11-14-8(3)19-16-11/h9-10,17H,4-7H2,1-3H3,(H2,13,15,18). The van der Waals surface area contributed by atoms with E-state index >= 15 is 0 Å². The Morgan fingerprint density at radius 3 is 2.74 bits per heavy atom. The Bertz CT molecular complexity index is 394. The maximum absolute atomic E-state index is 11.7. The predicted octanol–water partition coefficient (Wildman–Crippen LogP) is 1.29. The molecule has 2 unspecified atom stereocenters. The molecule has 0 spiro atoms. The topological polar surface area (TPSA) is 100 Å². The first-order valence-electron chi connectivity index (χ1n) is 6.59. The van der Waals surface area contributed by atoms with E-state index in [0.29, 0.717) is 24.6 Å². The van der Waals surface area contributed by atoms with Gasteiger partial charge in [0.25, 0.3) is 0 Å². The summed E-state index contributed by atoms with van der Waals surface area (Å²) in [6.45, 7) is 5.84. The molecule has 0 aliphatic heterocycles. The van der Waals surface area contributed by atoms with Crippen LogP contribution in [-0.4, -0.2) is 33.9 Å². The molecule has 2 amide bonds. The normalized spacial score (nSPS) is 13.9. The summed E-state index contributed by atoms with van der Waals surface area (Å²) in [4.78, 5) is 15.8. The zero-order valence-electron chi connectivity index (χ0n) is 11.6. The van der Waals surface area contributed by atoms with Gasteiger partial charge in [0.2, 0.25) is 5.89 Å². The Labute approximate surface area is 112 Å². The number of aryl methyl sites for hydroxylation is 1. The van der Waals surface area contributed by atoms with E-state index in [4.69, 9.17) is 4.52 Å². The molecule has 1 aromatic rings. The number of carbonyl (C=O) groups is 1. The predicted molar refractivity (Wildman–Crippen MR) is 69.5 cm³/mol. The molecule has 0 fully saturated rings. The monoisotopic (exact) mass is 270 g/mol. The highest BCUT2D eigenvalue weighted by molar-refractivity contribution is 5.74. The van der Waals surface area contributed by atoms with Gasteiger partial charge in [-0.25, -0.2) is 4.79 Å². The van der Waals surface area contributed by atoms with Gasteiger partial charge >= 0.3 is 6.03 Å². The molecule has 3 N–H and O–H groups in total. The van der Waals surface area contributed by atoms with Gasteiger partial charge in [0, 0.05) is 13.5 Å². The van der Waals surface area contributed by atoms with Crippen LogP contribution in [0.2, 0.25) is 0 Å². The highest BCUT2D eigenvalue weighted by atomic mass is 16.5. The van der Waals surface area contributed by atoms with Crippen molar-refractivity contribution in [3.05, 3.63) is 11.7 Å². The van der Waals surface area contributed by atoms with E-state index in [2.05, 4.69) is 20.8 Å². The summed E-state index contributed by atoms with van der Waals surface area (Å²) >= 11 is 0. The molecule has 2 atom stereocenters. The number of nitrogens with zero attached hydrogens (tertiary/aromatic N) is 2. The van der Waals surface area contributed by atoms with Crippen molar-refractivity contribution in [3.63, 3.8) is 0 Å². The number of amides is 2. The molecule has 0 aliphatic carbocycles. The summed E-state index contributed by atoms with van der Waals surface area (Å²) in [5.41, 5.74) is 0. The summed E-state index contributed by atoms with van der Waals surface area (Å²) < 4.78 is 4.89. The first-order chi connectivity index (χ1) is 9.06. The zero-order chi connectivity index (χ0) is 14.3. The minimum Gasteiger partial charge on any atom is -0.391 e. The lowest BCUT2D eigenvalue weighted by molar-refractivity contribution is 0.159. The molecule has 0 radical (unpaired) electrons. The number of urea groups is 1. The third-order valence-electron chi connectivity index (χ3n) is 2.69. The molecule has 0 saturated carbocycles. The number of rotatable bonds is 7. The number of aromatic nitrogens is 2. The maximum Gasteiger partial charge on any atom is 0.315 e. The molecule has 1 aromatic heterocycles. The summed E-state index contributed by atoms with van der Waals surface area (Å²) in [7, 11) is 0. The molecular weight excluding hydrogens is 248 g/mol. The van der Waals surface area contributed by atoms with Crippen LogP contribution in [0.1, 0.15) is 50.9 Å². The van der Waals surface area contributed by atoms with Crippen molar-refractivity contribution in [2.45, 2.75) is 52.2 Å². The average Bonchev–Trinajstić information content (AvgIpc) is 2.80. The summed E-state index contributed by atoms with van der Waals surface area (Å²) in [5.74, 6) is 0.929. The van der Waals surface area contributed by atoms with Crippen LogP contribution in [0.4, 0.5) is 4.79 Å².